The number of benzene rings is 1. The quantitative estimate of drug-likeness (QED) is 0.657. The Bertz CT molecular complexity index is 440. The molecule has 0 aliphatic heterocycles. The largest absolute Gasteiger partial charge is 0.399 e. The van der Waals surface area contributed by atoms with Crippen LogP contribution in [-0.2, 0) is 0 Å². The minimum atomic E-state index is -0.118. The van der Waals surface area contributed by atoms with E-state index in [1.165, 1.54) is 0 Å². The van der Waals surface area contributed by atoms with Crippen LogP contribution in [-0.4, -0.2) is 11.9 Å². The van der Waals surface area contributed by atoms with E-state index < -0.39 is 0 Å². The standard InChI is InChI=1S/C12H17N3O/c1-12(2)6-10(12)15-11(16)8-4-3-7(13)5-9(8)14/h3-5,10H,6,13-14H2,1-2H3,(H,15,16). The predicted molar refractivity (Wildman–Crippen MR) is 64.9 cm³/mol. The molecule has 4 nitrogen and oxygen atoms in total. The Hall–Kier alpha value is -1.71. The lowest BCUT2D eigenvalue weighted by Gasteiger charge is -2.09. The molecule has 0 aromatic heterocycles. The van der Waals surface area contributed by atoms with Crippen molar-refractivity contribution in [1.29, 1.82) is 0 Å². The summed E-state index contributed by atoms with van der Waals surface area (Å²) in [5.74, 6) is -0.118. The van der Waals surface area contributed by atoms with Crippen LogP contribution in [0.5, 0.6) is 0 Å². The third kappa shape index (κ3) is 1.96. The zero-order valence-corrected chi connectivity index (χ0v) is 9.58. The van der Waals surface area contributed by atoms with Gasteiger partial charge in [-0.25, -0.2) is 0 Å². The summed E-state index contributed by atoms with van der Waals surface area (Å²) in [6, 6.07) is 5.21. The van der Waals surface area contributed by atoms with Gasteiger partial charge in [0.25, 0.3) is 5.91 Å². The van der Waals surface area contributed by atoms with Crippen molar-refractivity contribution in [3.8, 4) is 0 Å². The molecule has 0 saturated heterocycles. The van der Waals surface area contributed by atoms with Crippen molar-refractivity contribution < 1.29 is 4.79 Å². The summed E-state index contributed by atoms with van der Waals surface area (Å²) in [4.78, 5) is 11.9. The van der Waals surface area contributed by atoms with Gasteiger partial charge in [-0.3, -0.25) is 4.79 Å². The normalized spacial score (nSPS) is 21.5. The first-order chi connectivity index (χ1) is 7.40. The highest BCUT2D eigenvalue weighted by atomic mass is 16.1. The van der Waals surface area contributed by atoms with E-state index in [1.54, 1.807) is 18.2 Å². The van der Waals surface area contributed by atoms with Crippen LogP contribution in [0.4, 0.5) is 11.4 Å². The van der Waals surface area contributed by atoms with Gasteiger partial charge in [-0.2, -0.15) is 0 Å². The Labute approximate surface area is 95.0 Å². The maximum atomic E-state index is 11.9. The summed E-state index contributed by atoms with van der Waals surface area (Å²) >= 11 is 0. The van der Waals surface area contributed by atoms with E-state index in [4.69, 9.17) is 11.5 Å². The van der Waals surface area contributed by atoms with Crippen LogP contribution in [0.15, 0.2) is 18.2 Å². The number of rotatable bonds is 2. The Morgan fingerprint density at radius 2 is 2.06 bits per heavy atom. The number of nitrogens with one attached hydrogen (secondary N) is 1. The molecule has 1 saturated carbocycles. The van der Waals surface area contributed by atoms with Crippen molar-refractivity contribution >= 4 is 17.3 Å². The van der Waals surface area contributed by atoms with Crippen LogP contribution in [0, 0.1) is 5.41 Å². The van der Waals surface area contributed by atoms with Gasteiger partial charge in [0.2, 0.25) is 0 Å². The van der Waals surface area contributed by atoms with Gasteiger partial charge < -0.3 is 16.8 Å². The maximum Gasteiger partial charge on any atom is 0.253 e. The van der Waals surface area contributed by atoms with Crippen LogP contribution in [0.3, 0.4) is 0 Å². The summed E-state index contributed by atoms with van der Waals surface area (Å²) < 4.78 is 0. The molecule has 1 aromatic rings. The number of nitrogens with two attached hydrogens (primary N) is 2. The van der Waals surface area contributed by atoms with Gasteiger partial charge >= 0.3 is 0 Å². The van der Waals surface area contributed by atoms with Crippen LogP contribution >= 0.6 is 0 Å². The second kappa shape index (κ2) is 3.40. The second-order valence-electron chi connectivity index (χ2n) is 5.07. The number of anilines is 2. The first-order valence-corrected chi connectivity index (χ1v) is 5.36. The molecule has 5 N–H and O–H groups in total. The minimum absolute atomic E-state index is 0.118. The fourth-order valence-electron chi connectivity index (χ4n) is 1.74. The van der Waals surface area contributed by atoms with E-state index in [1.807, 2.05) is 0 Å². The van der Waals surface area contributed by atoms with Crippen molar-refractivity contribution in [2.75, 3.05) is 11.5 Å². The van der Waals surface area contributed by atoms with Crippen molar-refractivity contribution in [3.05, 3.63) is 23.8 Å². The average molecular weight is 219 g/mol. The molecular formula is C12H17N3O. The molecule has 1 atom stereocenters. The summed E-state index contributed by atoms with van der Waals surface area (Å²) in [5.41, 5.74) is 13.0. The van der Waals surface area contributed by atoms with Crippen LogP contribution in [0.1, 0.15) is 30.6 Å². The molecule has 1 amide bonds. The fraction of sp³-hybridized carbons (Fsp3) is 0.417. The number of amides is 1. The van der Waals surface area contributed by atoms with Crippen molar-refractivity contribution in [3.63, 3.8) is 0 Å². The van der Waals surface area contributed by atoms with Gasteiger partial charge in [-0.15, -0.1) is 0 Å². The molecule has 1 unspecified atom stereocenters. The molecular weight excluding hydrogens is 202 g/mol. The molecule has 1 aromatic carbocycles. The van der Waals surface area contributed by atoms with Gasteiger partial charge in [-0.1, -0.05) is 13.8 Å². The zero-order chi connectivity index (χ0) is 11.9. The Morgan fingerprint density at radius 1 is 1.44 bits per heavy atom. The molecule has 1 aliphatic rings. The molecule has 0 heterocycles. The average Bonchev–Trinajstić information content (AvgIpc) is 2.72. The smallest absolute Gasteiger partial charge is 0.253 e. The van der Waals surface area contributed by atoms with E-state index in [9.17, 15) is 4.79 Å². The van der Waals surface area contributed by atoms with E-state index in [0.29, 0.717) is 16.9 Å². The molecule has 0 radical (unpaired) electrons. The molecule has 1 fully saturated rings. The third-order valence-electron chi connectivity index (χ3n) is 3.14. The van der Waals surface area contributed by atoms with Gasteiger partial charge in [0.1, 0.15) is 0 Å². The summed E-state index contributed by atoms with van der Waals surface area (Å²) in [6.45, 7) is 4.26. The molecule has 86 valence electrons. The number of carbonyl (C=O) groups is 1. The molecule has 0 spiro atoms. The van der Waals surface area contributed by atoms with Crippen LogP contribution < -0.4 is 16.8 Å². The maximum absolute atomic E-state index is 11.9. The lowest BCUT2D eigenvalue weighted by atomic mass is 10.1. The van der Waals surface area contributed by atoms with E-state index >= 15 is 0 Å². The molecule has 0 bridgehead atoms. The van der Waals surface area contributed by atoms with Gasteiger partial charge in [-0.05, 0) is 30.0 Å². The lowest BCUT2D eigenvalue weighted by Crippen LogP contribution is -2.29. The highest BCUT2D eigenvalue weighted by molar-refractivity contribution is 6.00. The Balaban J connectivity index is 2.10. The topological polar surface area (TPSA) is 81.1 Å². The summed E-state index contributed by atoms with van der Waals surface area (Å²) in [6.07, 6.45) is 1.02. The summed E-state index contributed by atoms with van der Waals surface area (Å²) in [7, 11) is 0. The monoisotopic (exact) mass is 219 g/mol. The molecule has 2 rings (SSSR count). The van der Waals surface area contributed by atoms with Gasteiger partial charge in [0, 0.05) is 17.4 Å². The summed E-state index contributed by atoms with van der Waals surface area (Å²) in [5, 5.41) is 2.96. The molecule has 16 heavy (non-hydrogen) atoms. The Morgan fingerprint density at radius 3 is 2.56 bits per heavy atom. The fourth-order valence-corrected chi connectivity index (χ4v) is 1.74. The first kappa shape index (κ1) is 10.8. The number of hydrogen-bond donors (Lipinski definition) is 3. The number of carbonyl (C=O) groups excluding carboxylic acids is 1. The zero-order valence-electron chi connectivity index (χ0n) is 9.58. The predicted octanol–water partition coefficient (Wildman–Crippen LogP) is 1.38. The van der Waals surface area contributed by atoms with Crippen molar-refractivity contribution in [2.45, 2.75) is 26.3 Å². The SMILES string of the molecule is CC1(C)CC1NC(=O)c1ccc(N)cc1N. The van der Waals surface area contributed by atoms with Gasteiger partial charge in [0.15, 0.2) is 0 Å². The highest BCUT2D eigenvalue weighted by Gasteiger charge is 2.46. The lowest BCUT2D eigenvalue weighted by molar-refractivity contribution is 0.0947. The van der Waals surface area contributed by atoms with E-state index in [-0.39, 0.29) is 17.4 Å². The highest BCUT2D eigenvalue weighted by Crippen LogP contribution is 2.44. The Kier molecular flexibility index (Phi) is 2.30. The van der Waals surface area contributed by atoms with Crippen LogP contribution in [0.25, 0.3) is 0 Å². The van der Waals surface area contributed by atoms with Gasteiger partial charge in [0.05, 0.1) is 5.56 Å². The van der Waals surface area contributed by atoms with Crippen molar-refractivity contribution in [1.82, 2.24) is 5.32 Å². The molecule has 1 aliphatic carbocycles. The van der Waals surface area contributed by atoms with Crippen LogP contribution in [0.2, 0.25) is 0 Å². The van der Waals surface area contributed by atoms with E-state index in [2.05, 4.69) is 19.2 Å². The van der Waals surface area contributed by atoms with E-state index in [0.717, 1.165) is 6.42 Å². The first-order valence-electron chi connectivity index (χ1n) is 5.36. The molecule has 4 heteroatoms. The number of nitrogen functional groups attached to an aromatic ring is 2. The minimum Gasteiger partial charge on any atom is -0.399 e. The number of hydrogen-bond acceptors (Lipinski definition) is 3. The van der Waals surface area contributed by atoms with Crippen molar-refractivity contribution in [2.24, 2.45) is 5.41 Å². The second-order valence-corrected chi connectivity index (χ2v) is 5.07. The third-order valence-corrected chi connectivity index (χ3v) is 3.14.